The van der Waals surface area contributed by atoms with Crippen LogP contribution in [0.2, 0.25) is 0 Å². The van der Waals surface area contributed by atoms with Gasteiger partial charge in [-0.05, 0) is 30.7 Å². The third kappa shape index (κ3) is 4.58. The summed E-state index contributed by atoms with van der Waals surface area (Å²) in [5.41, 5.74) is 1.15. The Morgan fingerprint density at radius 2 is 2.05 bits per heavy atom. The molecular weight excluding hydrogens is 242 g/mol. The highest BCUT2D eigenvalue weighted by Crippen LogP contribution is 2.13. The van der Waals surface area contributed by atoms with E-state index in [1.54, 1.807) is 12.5 Å². The van der Waals surface area contributed by atoms with Crippen LogP contribution in [0.1, 0.15) is 30.9 Å². The summed E-state index contributed by atoms with van der Waals surface area (Å²) in [5, 5.41) is 3.40. The van der Waals surface area contributed by atoms with Gasteiger partial charge in [0, 0.05) is 12.1 Å². The van der Waals surface area contributed by atoms with Crippen LogP contribution >= 0.6 is 0 Å². The highest BCUT2D eigenvalue weighted by atomic mass is 16.5. The van der Waals surface area contributed by atoms with Crippen molar-refractivity contribution in [3.63, 3.8) is 0 Å². The first kappa shape index (κ1) is 13.9. The van der Waals surface area contributed by atoms with Crippen LogP contribution in [0.15, 0.2) is 39.6 Å². The Morgan fingerprint density at radius 1 is 1.16 bits per heavy atom. The van der Waals surface area contributed by atoms with E-state index in [1.165, 1.54) is 0 Å². The van der Waals surface area contributed by atoms with Crippen LogP contribution in [0.3, 0.4) is 0 Å². The van der Waals surface area contributed by atoms with E-state index in [-0.39, 0.29) is 0 Å². The van der Waals surface area contributed by atoms with E-state index in [2.05, 4.69) is 19.2 Å². The number of nitrogens with one attached hydrogen (secondary N) is 1. The third-order valence-electron chi connectivity index (χ3n) is 2.76. The normalized spacial score (nSPS) is 11.3. The van der Waals surface area contributed by atoms with Gasteiger partial charge >= 0.3 is 0 Å². The highest BCUT2D eigenvalue weighted by molar-refractivity contribution is 5.16. The zero-order valence-corrected chi connectivity index (χ0v) is 11.5. The summed E-state index contributed by atoms with van der Waals surface area (Å²) in [6.45, 7) is 7.12. The molecule has 4 heteroatoms. The molecule has 0 aliphatic heterocycles. The van der Waals surface area contributed by atoms with Gasteiger partial charge in [-0.1, -0.05) is 13.8 Å². The second kappa shape index (κ2) is 7.16. The van der Waals surface area contributed by atoms with Gasteiger partial charge < -0.3 is 18.9 Å². The summed E-state index contributed by atoms with van der Waals surface area (Å²) in [4.78, 5) is 0. The predicted octanol–water partition coefficient (Wildman–Crippen LogP) is 3.34. The lowest BCUT2D eigenvalue weighted by atomic mass is 10.2. The Morgan fingerprint density at radius 3 is 2.79 bits per heavy atom. The summed E-state index contributed by atoms with van der Waals surface area (Å²) in [6, 6.07) is 5.74. The molecule has 2 rings (SSSR count). The Kier molecular flexibility index (Phi) is 5.24. The Bertz CT molecular complexity index is 459. The van der Waals surface area contributed by atoms with Crippen molar-refractivity contribution in [2.75, 3.05) is 6.54 Å². The van der Waals surface area contributed by atoms with Gasteiger partial charge in [-0.15, -0.1) is 0 Å². The molecule has 0 aliphatic rings. The molecule has 2 heterocycles. The highest BCUT2D eigenvalue weighted by Gasteiger charge is 2.07. The first-order chi connectivity index (χ1) is 9.25. The minimum Gasteiger partial charge on any atom is -0.467 e. The lowest BCUT2D eigenvalue weighted by Crippen LogP contribution is -2.19. The smallest absolute Gasteiger partial charge is 0.133 e. The SMILES string of the molecule is CC(C)CNCc1ccoc1COCc1ccco1. The minimum atomic E-state index is 0.465. The fourth-order valence-electron chi connectivity index (χ4n) is 1.79. The van der Waals surface area contributed by atoms with E-state index >= 15 is 0 Å². The van der Waals surface area contributed by atoms with Crippen molar-refractivity contribution in [3.8, 4) is 0 Å². The number of furan rings is 2. The summed E-state index contributed by atoms with van der Waals surface area (Å²) in [7, 11) is 0. The standard InChI is InChI=1S/C15H21NO3/c1-12(2)8-16-9-13-5-7-19-15(13)11-17-10-14-4-3-6-18-14/h3-7,12,16H,8-11H2,1-2H3. The fourth-order valence-corrected chi connectivity index (χ4v) is 1.79. The van der Waals surface area contributed by atoms with Gasteiger partial charge in [-0.25, -0.2) is 0 Å². The van der Waals surface area contributed by atoms with Gasteiger partial charge in [-0.3, -0.25) is 0 Å². The van der Waals surface area contributed by atoms with Crippen molar-refractivity contribution in [3.05, 3.63) is 47.8 Å². The predicted molar refractivity (Wildman–Crippen MR) is 72.5 cm³/mol. The molecule has 19 heavy (non-hydrogen) atoms. The van der Waals surface area contributed by atoms with Gasteiger partial charge in [0.05, 0.1) is 12.5 Å². The van der Waals surface area contributed by atoms with E-state index in [9.17, 15) is 0 Å². The summed E-state index contributed by atoms with van der Waals surface area (Å²) in [6.07, 6.45) is 3.35. The molecule has 1 N–H and O–H groups in total. The van der Waals surface area contributed by atoms with Crippen LogP contribution in [0.5, 0.6) is 0 Å². The largest absolute Gasteiger partial charge is 0.467 e. The van der Waals surface area contributed by atoms with Crippen molar-refractivity contribution < 1.29 is 13.6 Å². The quantitative estimate of drug-likeness (QED) is 0.793. The monoisotopic (exact) mass is 263 g/mol. The van der Waals surface area contributed by atoms with Crippen LogP contribution in [-0.2, 0) is 24.5 Å². The average Bonchev–Trinajstić information content (AvgIpc) is 3.01. The number of ether oxygens (including phenoxy) is 1. The van der Waals surface area contributed by atoms with Gasteiger partial charge in [0.15, 0.2) is 0 Å². The van der Waals surface area contributed by atoms with Gasteiger partial charge in [0.2, 0.25) is 0 Å². The van der Waals surface area contributed by atoms with Crippen LogP contribution in [-0.4, -0.2) is 6.54 Å². The molecule has 0 atom stereocenters. The van der Waals surface area contributed by atoms with E-state index in [0.717, 1.165) is 30.2 Å². The van der Waals surface area contributed by atoms with Gasteiger partial charge in [0.25, 0.3) is 0 Å². The van der Waals surface area contributed by atoms with Gasteiger partial charge in [0.1, 0.15) is 24.7 Å². The van der Waals surface area contributed by atoms with Crippen LogP contribution in [0.25, 0.3) is 0 Å². The van der Waals surface area contributed by atoms with E-state index in [4.69, 9.17) is 13.6 Å². The maximum atomic E-state index is 5.58. The summed E-state index contributed by atoms with van der Waals surface area (Å²) in [5.74, 6) is 2.35. The zero-order valence-electron chi connectivity index (χ0n) is 11.5. The molecule has 0 aromatic carbocycles. The first-order valence-corrected chi connectivity index (χ1v) is 6.62. The Balaban J connectivity index is 1.75. The lowest BCUT2D eigenvalue weighted by molar-refractivity contribution is 0.0796. The molecule has 0 amide bonds. The van der Waals surface area contributed by atoms with E-state index < -0.39 is 0 Å². The molecule has 0 saturated carbocycles. The number of hydrogen-bond donors (Lipinski definition) is 1. The maximum absolute atomic E-state index is 5.58. The van der Waals surface area contributed by atoms with Crippen LogP contribution in [0, 0.1) is 5.92 Å². The van der Waals surface area contributed by atoms with Crippen molar-refractivity contribution in [1.82, 2.24) is 5.32 Å². The van der Waals surface area contributed by atoms with Crippen LogP contribution in [0.4, 0.5) is 0 Å². The molecule has 2 aromatic rings. The number of rotatable bonds is 8. The zero-order chi connectivity index (χ0) is 13.5. The average molecular weight is 263 g/mol. The number of hydrogen-bond acceptors (Lipinski definition) is 4. The van der Waals surface area contributed by atoms with Crippen molar-refractivity contribution in [2.24, 2.45) is 5.92 Å². The summed E-state index contributed by atoms with van der Waals surface area (Å²) < 4.78 is 16.2. The molecule has 0 spiro atoms. The topological polar surface area (TPSA) is 47.5 Å². The lowest BCUT2D eigenvalue weighted by Gasteiger charge is -2.07. The Labute approximate surface area is 113 Å². The summed E-state index contributed by atoms with van der Waals surface area (Å²) >= 11 is 0. The van der Waals surface area contributed by atoms with Crippen LogP contribution < -0.4 is 5.32 Å². The molecule has 0 bridgehead atoms. The maximum Gasteiger partial charge on any atom is 0.133 e. The molecule has 104 valence electrons. The molecule has 0 saturated heterocycles. The fraction of sp³-hybridized carbons (Fsp3) is 0.467. The molecule has 0 aliphatic carbocycles. The first-order valence-electron chi connectivity index (χ1n) is 6.62. The molecule has 0 unspecified atom stereocenters. The Hall–Kier alpha value is -1.52. The minimum absolute atomic E-state index is 0.465. The van der Waals surface area contributed by atoms with Gasteiger partial charge in [-0.2, -0.15) is 0 Å². The molecule has 0 radical (unpaired) electrons. The second-order valence-electron chi connectivity index (χ2n) is 4.97. The third-order valence-corrected chi connectivity index (χ3v) is 2.76. The van der Waals surface area contributed by atoms with Crippen molar-refractivity contribution in [2.45, 2.75) is 33.6 Å². The molecule has 0 fully saturated rings. The van der Waals surface area contributed by atoms with Crippen molar-refractivity contribution >= 4 is 0 Å². The molecule has 2 aromatic heterocycles. The molecular formula is C15H21NO3. The second-order valence-corrected chi connectivity index (χ2v) is 4.97. The van der Waals surface area contributed by atoms with Crippen molar-refractivity contribution in [1.29, 1.82) is 0 Å². The molecule has 4 nitrogen and oxygen atoms in total. The van der Waals surface area contributed by atoms with E-state index in [1.807, 2.05) is 18.2 Å². The van der Waals surface area contributed by atoms with E-state index in [0.29, 0.717) is 19.1 Å².